The van der Waals surface area contributed by atoms with Gasteiger partial charge in [0.2, 0.25) is 15.0 Å². The molecule has 0 saturated heterocycles. The molecule has 0 aromatic carbocycles. The molecule has 0 aromatic heterocycles. The summed E-state index contributed by atoms with van der Waals surface area (Å²) in [5.74, 6) is 0.00724. The van der Waals surface area contributed by atoms with Crippen molar-refractivity contribution in [2.24, 2.45) is 0 Å². The number of amides is 1. The van der Waals surface area contributed by atoms with Crippen molar-refractivity contribution in [3.05, 3.63) is 12.7 Å². The predicted octanol–water partition coefficient (Wildman–Crippen LogP) is 2.54. The maximum Gasteiger partial charge on any atom is 0.245 e. The molecule has 0 aliphatic carbocycles. The largest absolute Gasteiger partial charge is 0.342 e. The topological polar surface area (TPSA) is 54.5 Å². The number of nitrogens with zero attached hydrogens (tertiary/aromatic N) is 1. The van der Waals surface area contributed by atoms with Crippen LogP contribution in [0.2, 0.25) is 0 Å². The molecule has 0 aliphatic rings. The Morgan fingerprint density at radius 1 is 1.17 bits per heavy atom. The van der Waals surface area contributed by atoms with E-state index in [1.165, 1.54) is 6.08 Å². The third kappa shape index (κ3) is 10.6. The summed E-state index contributed by atoms with van der Waals surface area (Å²) in [5, 5.41) is 0. The average molecular weight is 296 g/mol. The van der Waals surface area contributed by atoms with E-state index in [0.29, 0.717) is 6.42 Å². The summed E-state index contributed by atoms with van der Waals surface area (Å²) in [5.41, 5.74) is 0. The molecule has 18 heavy (non-hydrogen) atoms. The quantitative estimate of drug-likeness (QED) is 0.353. The number of unbranched alkanes of at least 4 members (excludes halogenated alkanes) is 5. The molecule has 0 saturated carbocycles. The van der Waals surface area contributed by atoms with Gasteiger partial charge in [0.05, 0.1) is 5.75 Å². The normalized spacial score (nSPS) is 11.2. The maximum atomic E-state index is 11.1. The van der Waals surface area contributed by atoms with Crippen LogP contribution < -0.4 is 0 Å². The van der Waals surface area contributed by atoms with Gasteiger partial charge in [0.1, 0.15) is 0 Å². The van der Waals surface area contributed by atoms with Crippen molar-refractivity contribution >= 4 is 25.6 Å². The van der Waals surface area contributed by atoms with Crippen LogP contribution in [0.4, 0.5) is 0 Å². The molecule has 0 radical (unpaired) electrons. The fraction of sp³-hybridized carbons (Fsp3) is 0.750. The van der Waals surface area contributed by atoms with Crippen molar-refractivity contribution in [1.29, 1.82) is 0 Å². The van der Waals surface area contributed by atoms with Gasteiger partial charge in [0, 0.05) is 24.3 Å². The highest BCUT2D eigenvalue weighted by Gasteiger charge is 2.04. The molecule has 0 atom stereocenters. The van der Waals surface area contributed by atoms with Crippen LogP contribution in [0.5, 0.6) is 0 Å². The zero-order valence-electron chi connectivity index (χ0n) is 10.9. The molecule has 0 fully saturated rings. The van der Waals surface area contributed by atoms with Crippen LogP contribution in [0, 0.1) is 0 Å². The van der Waals surface area contributed by atoms with Gasteiger partial charge in [-0.05, 0) is 18.9 Å². The SMILES string of the molecule is C=CC(=O)N(C)CCCCCCCCS(=O)(=O)Cl. The van der Waals surface area contributed by atoms with E-state index in [1.807, 2.05) is 0 Å². The predicted molar refractivity (Wildman–Crippen MR) is 75.2 cm³/mol. The Kier molecular flexibility index (Phi) is 9.10. The maximum absolute atomic E-state index is 11.1. The average Bonchev–Trinajstić information content (AvgIpc) is 2.29. The third-order valence-corrected chi connectivity index (χ3v) is 3.92. The summed E-state index contributed by atoms with van der Waals surface area (Å²) in [6.07, 6.45) is 6.89. The number of likely N-dealkylation sites (N-methyl/N-ethyl adjacent to an activating group) is 1. The molecule has 1 amide bonds. The van der Waals surface area contributed by atoms with Crippen LogP contribution in [0.1, 0.15) is 38.5 Å². The van der Waals surface area contributed by atoms with E-state index in [2.05, 4.69) is 6.58 Å². The Hall–Kier alpha value is -0.550. The van der Waals surface area contributed by atoms with Crippen molar-refractivity contribution in [1.82, 2.24) is 4.90 Å². The Balaban J connectivity index is 3.36. The standard InChI is InChI=1S/C12H22ClNO3S/c1-3-12(15)14(2)10-8-6-4-5-7-9-11-18(13,16)17/h3H,1,4-11H2,2H3. The number of hydrogen-bond donors (Lipinski definition) is 0. The lowest BCUT2D eigenvalue weighted by Gasteiger charge is -2.14. The molecular formula is C12H22ClNO3S. The van der Waals surface area contributed by atoms with Gasteiger partial charge in [0.25, 0.3) is 0 Å². The molecule has 0 heterocycles. The van der Waals surface area contributed by atoms with Gasteiger partial charge in [-0.15, -0.1) is 0 Å². The summed E-state index contributed by atoms with van der Waals surface area (Å²) in [6.45, 7) is 4.17. The van der Waals surface area contributed by atoms with Crippen LogP contribution in [-0.4, -0.2) is 38.6 Å². The van der Waals surface area contributed by atoms with Crippen molar-refractivity contribution in [2.45, 2.75) is 38.5 Å². The zero-order valence-corrected chi connectivity index (χ0v) is 12.5. The van der Waals surface area contributed by atoms with Gasteiger partial charge in [-0.2, -0.15) is 0 Å². The van der Waals surface area contributed by atoms with E-state index < -0.39 is 9.05 Å². The summed E-state index contributed by atoms with van der Waals surface area (Å²) in [7, 11) is 3.53. The number of hydrogen-bond acceptors (Lipinski definition) is 3. The molecule has 0 aromatic rings. The highest BCUT2D eigenvalue weighted by atomic mass is 35.7. The molecule has 0 aliphatic heterocycles. The molecule has 6 heteroatoms. The monoisotopic (exact) mass is 295 g/mol. The number of carbonyl (C=O) groups excluding carboxylic acids is 1. The fourth-order valence-corrected chi connectivity index (χ4v) is 2.47. The molecule has 0 bridgehead atoms. The molecule has 0 unspecified atom stereocenters. The minimum Gasteiger partial charge on any atom is -0.342 e. The zero-order chi connectivity index (χ0) is 14.0. The highest BCUT2D eigenvalue weighted by Crippen LogP contribution is 2.08. The molecule has 0 rings (SSSR count). The first-order chi connectivity index (χ1) is 8.37. The molecular weight excluding hydrogens is 274 g/mol. The minimum atomic E-state index is -3.33. The van der Waals surface area contributed by atoms with E-state index in [9.17, 15) is 13.2 Å². The number of rotatable bonds is 10. The lowest BCUT2D eigenvalue weighted by Crippen LogP contribution is -2.25. The molecule has 4 nitrogen and oxygen atoms in total. The lowest BCUT2D eigenvalue weighted by atomic mass is 10.1. The first-order valence-corrected chi connectivity index (χ1v) is 8.64. The second-order valence-corrected chi connectivity index (χ2v) is 7.22. The Bertz CT molecular complexity index is 354. The molecule has 0 N–H and O–H groups in total. The molecule has 0 spiro atoms. The van der Waals surface area contributed by atoms with Gasteiger partial charge in [-0.1, -0.05) is 32.3 Å². The Morgan fingerprint density at radius 2 is 1.67 bits per heavy atom. The number of halogens is 1. The Labute approximate surface area is 114 Å². The molecule has 106 valence electrons. The van der Waals surface area contributed by atoms with Crippen LogP contribution in [0.15, 0.2) is 12.7 Å². The summed E-state index contributed by atoms with van der Waals surface area (Å²) in [6, 6.07) is 0. The van der Waals surface area contributed by atoms with Gasteiger partial charge >= 0.3 is 0 Å². The fourth-order valence-electron chi connectivity index (χ4n) is 1.60. The summed E-state index contributed by atoms with van der Waals surface area (Å²) in [4.78, 5) is 12.8. The lowest BCUT2D eigenvalue weighted by molar-refractivity contribution is -0.124. The summed E-state index contributed by atoms with van der Waals surface area (Å²) >= 11 is 0. The van der Waals surface area contributed by atoms with Crippen molar-refractivity contribution < 1.29 is 13.2 Å². The van der Waals surface area contributed by atoms with Gasteiger partial charge in [-0.25, -0.2) is 8.42 Å². The van der Waals surface area contributed by atoms with Crippen LogP contribution in [0.3, 0.4) is 0 Å². The summed E-state index contributed by atoms with van der Waals surface area (Å²) < 4.78 is 21.3. The van der Waals surface area contributed by atoms with E-state index in [4.69, 9.17) is 10.7 Å². The van der Waals surface area contributed by atoms with Gasteiger partial charge < -0.3 is 4.90 Å². The third-order valence-electron chi connectivity index (χ3n) is 2.68. The van der Waals surface area contributed by atoms with Crippen LogP contribution >= 0.6 is 10.7 Å². The van der Waals surface area contributed by atoms with E-state index in [-0.39, 0.29) is 11.7 Å². The Morgan fingerprint density at radius 3 is 2.17 bits per heavy atom. The minimum absolute atomic E-state index is 0.0534. The van der Waals surface area contributed by atoms with E-state index >= 15 is 0 Å². The van der Waals surface area contributed by atoms with Crippen molar-refractivity contribution in [3.63, 3.8) is 0 Å². The van der Waals surface area contributed by atoms with E-state index in [0.717, 1.165) is 38.6 Å². The van der Waals surface area contributed by atoms with Crippen molar-refractivity contribution in [3.8, 4) is 0 Å². The first-order valence-electron chi connectivity index (χ1n) is 6.16. The van der Waals surface area contributed by atoms with E-state index in [1.54, 1.807) is 11.9 Å². The highest BCUT2D eigenvalue weighted by molar-refractivity contribution is 8.13. The van der Waals surface area contributed by atoms with Gasteiger partial charge in [-0.3, -0.25) is 4.79 Å². The van der Waals surface area contributed by atoms with Crippen LogP contribution in [-0.2, 0) is 13.8 Å². The van der Waals surface area contributed by atoms with Crippen molar-refractivity contribution in [2.75, 3.05) is 19.3 Å². The first kappa shape index (κ1) is 17.4. The second kappa shape index (κ2) is 9.39. The van der Waals surface area contributed by atoms with Crippen LogP contribution in [0.25, 0.3) is 0 Å². The number of carbonyl (C=O) groups is 1. The van der Waals surface area contributed by atoms with Gasteiger partial charge in [0.15, 0.2) is 0 Å². The smallest absolute Gasteiger partial charge is 0.245 e. The second-order valence-electron chi connectivity index (χ2n) is 4.33.